The highest BCUT2D eigenvalue weighted by Gasteiger charge is 2.22. The summed E-state index contributed by atoms with van der Waals surface area (Å²) in [5, 5.41) is 17.6. The van der Waals surface area contributed by atoms with Crippen LogP contribution in [0.3, 0.4) is 0 Å². The van der Waals surface area contributed by atoms with E-state index in [1.807, 2.05) is 11.3 Å². The molecule has 0 spiro atoms. The lowest BCUT2D eigenvalue weighted by Gasteiger charge is -2.15. The Bertz CT molecular complexity index is 3360. The van der Waals surface area contributed by atoms with Crippen LogP contribution in [0.1, 0.15) is 0 Å². The van der Waals surface area contributed by atoms with Crippen molar-refractivity contribution in [3.63, 3.8) is 0 Å². The predicted octanol–water partition coefficient (Wildman–Crippen LogP) is 14.5. The second-order valence-electron chi connectivity index (χ2n) is 13.6. The van der Waals surface area contributed by atoms with Gasteiger partial charge in [0.05, 0.1) is 0 Å². The van der Waals surface area contributed by atoms with Crippen molar-refractivity contribution >= 4 is 107 Å². The monoisotopic (exact) mass is 650 g/mol. The lowest BCUT2D eigenvalue weighted by atomic mass is 9.87. The van der Waals surface area contributed by atoms with Gasteiger partial charge in [-0.1, -0.05) is 127 Å². The first kappa shape index (κ1) is 26.7. The topological polar surface area (TPSA) is 13.1 Å². The Morgan fingerprint density at radius 2 is 0.940 bits per heavy atom. The maximum atomic E-state index is 7.02. The second kappa shape index (κ2) is 9.69. The average molecular weight is 651 g/mol. The van der Waals surface area contributed by atoms with Crippen molar-refractivity contribution < 1.29 is 4.42 Å². The Balaban J connectivity index is 1.20. The lowest BCUT2D eigenvalue weighted by Crippen LogP contribution is -1.89. The van der Waals surface area contributed by atoms with Crippen LogP contribution < -0.4 is 0 Å². The third-order valence-electron chi connectivity index (χ3n) is 11.0. The first-order valence-electron chi connectivity index (χ1n) is 17.2. The number of benzene rings is 10. The third-order valence-corrected chi connectivity index (χ3v) is 12.2. The summed E-state index contributed by atoms with van der Waals surface area (Å²) in [4.78, 5) is 0. The molecule has 0 aliphatic carbocycles. The minimum Gasteiger partial charge on any atom is -0.455 e. The molecule has 2 heteroatoms. The van der Waals surface area contributed by atoms with Gasteiger partial charge in [0, 0.05) is 42.1 Å². The molecule has 0 amide bonds. The third kappa shape index (κ3) is 3.56. The van der Waals surface area contributed by atoms with Crippen LogP contribution in [0.2, 0.25) is 0 Å². The van der Waals surface area contributed by atoms with Crippen molar-refractivity contribution in [1.29, 1.82) is 0 Å². The van der Waals surface area contributed by atoms with E-state index in [0.717, 1.165) is 22.1 Å². The number of hydrogen-bond donors (Lipinski definition) is 0. The van der Waals surface area contributed by atoms with Crippen LogP contribution >= 0.6 is 11.3 Å². The van der Waals surface area contributed by atoms with E-state index in [-0.39, 0.29) is 0 Å². The molecule has 0 aliphatic heterocycles. The van der Waals surface area contributed by atoms with Crippen LogP contribution in [0.4, 0.5) is 0 Å². The van der Waals surface area contributed by atoms with E-state index in [9.17, 15) is 0 Å². The molecule has 0 saturated heterocycles. The molecule has 1 nitrogen and oxygen atoms in total. The summed E-state index contributed by atoms with van der Waals surface area (Å²) in [6, 6.07) is 58.2. The number of thiophene rings is 1. The Hall–Kier alpha value is -6.22. The van der Waals surface area contributed by atoms with Gasteiger partial charge in [-0.3, -0.25) is 0 Å². The summed E-state index contributed by atoms with van der Waals surface area (Å²) < 4.78 is 9.62. The summed E-state index contributed by atoms with van der Waals surface area (Å²) in [6.45, 7) is 0. The van der Waals surface area contributed by atoms with E-state index in [1.165, 1.54) is 96.1 Å². The molecule has 2 aromatic heterocycles. The molecule has 0 fully saturated rings. The van der Waals surface area contributed by atoms with Crippen LogP contribution in [0.15, 0.2) is 162 Å². The number of fused-ring (bicyclic) bond motifs is 8. The minimum atomic E-state index is 0.917. The van der Waals surface area contributed by atoms with Gasteiger partial charge in [-0.05, 0) is 95.3 Å². The van der Waals surface area contributed by atoms with Gasteiger partial charge in [-0.2, -0.15) is 0 Å². The van der Waals surface area contributed by atoms with Gasteiger partial charge in [-0.15, -0.1) is 11.3 Å². The quantitative estimate of drug-likeness (QED) is 0.170. The zero-order valence-corrected chi connectivity index (χ0v) is 27.6. The van der Waals surface area contributed by atoms with Gasteiger partial charge in [0.2, 0.25) is 0 Å². The van der Waals surface area contributed by atoms with E-state index < -0.39 is 0 Å². The molecule has 12 rings (SSSR count). The number of rotatable bonds is 2. The number of furan rings is 1. The summed E-state index contributed by atoms with van der Waals surface area (Å²) in [5.74, 6) is 0. The molecule has 0 aliphatic rings. The van der Waals surface area contributed by atoms with Crippen LogP contribution in [-0.2, 0) is 0 Å². The van der Waals surface area contributed by atoms with Crippen molar-refractivity contribution in [1.82, 2.24) is 0 Å². The van der Waals surface area contributed by atoms with Gasteiger partial charge in [0.15, 0.2) is 0 Å². The smallest absolute Gasteiger partial charge is 0.143 e. The van der Waals surface area contributed by atoms with E-state index in [4.69, 9.17) is 4.42 Å². The van der Waals surface area contributed by atoms with Crippen molar-refractivity contribution in [2.75, 3.05) is 0 Å². The Morgan fingerprint density at radius 3 is 1.74 bits per heavy atom. The fraction of sp³-hybridized carbons (Fsp3) is 0. The van der Waals surface area contributed by atoms with Crippen LogP contribution in [-0.4, -0.2) is 0 Å². The zero-order valence-electron chi connectivity index (χ0n) is 26.8. The van der Waals surface area contributed by atoms with Crippen molar-refractivity contribution in [2.24, 2.45) is 0 Å². The molecule has 0 radical (unpaired) electrons. The van der Waals surface area contributed by atoms with Crippen LogP contribution in [0, 0.1) is 0 Å². The molecule has 0 unspecified atom stereocenters. The van der Waals surface area contributed by atoms with E-state index >= 15 is 0 Å². The van der Waals surface area contributed by atoms with Crippen molar-refractivity contribution in [3.8, 4) is 22.3 Å². The van der Waals surface area contributed by atoms with E-state index in [0.29, 0.717) is 0 Å². The average Bonchev–Trinajstić information content (AvgIpc) is 3.72. The minimum absolute atomic E-state index is 0.917. The summed E-state index contributed by atoms with van der Waals surface area (Å²) in [5.41, 5.74) is 6.63. The zero-order chi connectivity index (χ0) is 32.5. The standard InChI is InChI=1S/C48H26OS/c1-3-9-32-25-42-41(24-31(32)8-1)46-36(34-19-17-29-16-15-27-11-5-12-28-18-20-35(34)45(29)44(27)28)21-22-37(47(46)49-42)38-13-6-14-39-40-23-30-7-2-4-10-33(30)26-43(40)50-48(38)39/h1-26H. The van der Waals surface area contributed by atoms with E-state index in [1.54, 1.807) is 0 Å². The van der Waals surface area contributed by atoms with Crippen LogP contribution in [0.5, 0.6) is 0 Å². The molecule has 50 heavy (non-hydrogen) atoms. The van der Waals surface area contributed by atoms with E-state index in [2.05, 4.69) is 158 Å². The first-order chi connectivity index (χ1) is 24.8. The molecule has 2 heterocycles. The highest BCUT2D eigenvalue weighted by atomic mass is 32.1. The van der Waals surface area contributed by atoms with Gasteiger partial charge in [0.1, 0.15) is 11.2 Å². The fourth-order valence-electron chi connectivity index (χ4n) is 8.67. The summed E-state index contributed by atoms with van der Waals surface area (Å²) in [6.07, 6.45) is 0. The second-order valence-corrected chi connectivity index (χ2v) is 14.7. The maximum Gasteiger partial charge on any atom is 0.143 e. The summed E-state index contributed by atoms with van der Waals surface area (Å²) in [7, 11) is 0. The highest BCUT2D eigenvalue weighted by Crippen LogP contribution is 2.49. The fourth-order valence-corrected chi connectivity index (χ4v) is 9.93. The predicted molar refractivity (Wildman–Crippen MR) is 216 cm³/mol. The van der Waals surface area contributed by atoms with Gasteiger partial charge in [-0.25, -0.2) is 0 Å². The molecule has 0 N–H and O–H groups in total. The Kier molecular flexibility index (Phi) is 5.18. The molecule has 230 valence electrons. The molecule has 10 aromatic carbocycles. The SMILES string of the molecule is c1ccc2cc3c(cc2c1)oc1c(-c2cccc4c2sc2cc5ccccc5cc24)ccc(-c2ccc4ccc5cccc6ccc2c4c56)c13. The highest BCUT2D eigenvalue weighted by molar-refractivity contribution is 7.26. The van der Waals surface area contributed by atoms with Crippen molar-refractivity contribution in [2.45, 2.75) is 0 Å². The first-order valence-corrected chi connectivity index (χ1v) is 18.0. The molecule has 0 atom stereocenters. The number of hydrogen-bond acceptors (Lipinski definition) is 2. The lowest BCUT2D eigenvalue weighted by molar-refractivity contribution is 0.670. The Morgan fingerprint density at radius 1 is 0.340 bits per heavy atom. The Labute approximate surface area is 290 Å². The normalized spacial score (nSPS) is 12.4. The van der Waals surface area contributed by atoms with Gasteiger partial charge in [0.25, 0.3) is 0 Å². The molecule has 0 bridgehead atoms. The van der Waals surface area contributed by atoms with Gasteiger partial charge < -0.3 is 4.42 Å². The van der Waals surface area contributed by atoms with Crippen LogP contribution in [0.25, 0.3) is 118 Å². The largest absolute Gasteiger partial charge is 0.455 e. The molecule has 0 saturated carbocycles. The maximum absolute atomic E-state index is 7.02. The molecular weight excluding hydrogens is 625 g/mol. The van der Waals surface area contributed by atoms with Crippen molar-refractivity contribution in [3.05, 3.63) is 158 Å². The molecular formula is C48H26OS. The molecule has 12 aromatic rings. The van der Waals surface area contributed by atoms with Gasteiger partial charge >= 0.3 is 0 Å². The summed E-state index contributed by atoms with van der Waals surface area (Å²) >= 11 is 1.88.